The van der Waals surface area contributed by atoms with E-state index in [1.165, 1.54) is 31.8 Å². The van der Waals surface area contributed by atoms with Crippen LogP contribution in [0.5, 0.6) is 0 Å². The van der Waals surface area contributed by atoms with Crippen molar-refractivity contribution in [2.45, 2.75) is 5.92 Å². The van der Waals surface area contributed by atoms with Gasteiger partial charge in [0.2, 0.25) is 0 Å². The zero-order chi connectivity index (χ0) is 16.5. The van der Waals surface area contributed by atoms with Crippen LogP contribution >= 0.6 is 22.6 Å². The molecule has 1 heteroatoms. The van der Waals surface area contributed by atoms with Gasteiger partial charge in [-0.3, -0.25) is 0 Å². The monoisotopic (exact) mass is 421 g/mol. The summed E-state index contributed by atoms with van der Waals surface area (Å²) in [6.07, 6.45) is 8.91. The minimum absolute atomic E-state index is 0.307. The highest BCUT2D eigenvalue weighted by Crippen LogP contribution is 2.54. The molecular formula is C23H18I+. The molecule has 0 saturated heterocycles. The molecule has 0 aliphatic heterocycles. The molecule has 0 nitrogen and oxygen atoms in total. The van der Waals surface area contributed by atoms with Gasteiger partial charge in [-0.2, -0.15) is 0 Å². The standard InChI is InChI=1S/C23H18I/c1-16-21(17-10-4-2-5-11-17)19-14-8-9-15-20(19)22(23(16)24)18-12-6-3-7-13-18/h2-15,19,21H,1H2/q+1. The Morgan fingerprint density at radius 1 is 0.875 bits per heavy atom. The zero-order valence-corrected chi connectivity index (χ0v) is 15.5. The Labute approximate surface area is 157 Å². The fraction of sp³-hybridized carbons (Fsp3) is 0.0870. The highest BCUT2D eigenvalue weighted by molar-refractivity contribution is 14.1. The van der Waals surface area contributed by atoms with Gasteiger partial charge in [-0.25, -0.2) is 0 Å². The largest absolute Gasteiger partial charge is 0.120 e. The maximum absolute atomic E-state index is 4.48. The highest BCUT2D eigenvalue weighted by Gasteiger charge is 2.44. The Morgan fingerprint density at radius 3 is 2.25 bits per heavy atom. The molecule has 2 aromatic rings. The van der Waals surface area contributed by atoms with Gasteiger partial charge in [0.1, 0.15) is 9.50 Å². The summed E-state index contributed by atoms with van der Waals surface area (Å²) in [5.74, 6) is 0.653. The third kappa shape index (κ3) is 2.57. The quantitative estimate of drug-likeness (QED) is 0.384. The number of allylic oxidation sites excluding steroid dienone is 7. The average molecular weight is 421 g/mol. The SMILES string of the molecule is C=C1[C+](I)C(c2ccccc2)=C2C=CC=CC2C1c1ccccc1. The van der Waals surface area contributed by atoms with Crippen LogP contribution < -0.4 is 0 Å². The lowest BCUT2D eigenvalue weighted by molar-refractivity contribution is 0.643. The van der Waals surface area contributed by atoms with Gasteiger partial charge >= 0.3 is 0 Å². The number of halogens is 1. The molecule has 0 heterocycles. The van der Waals surface area contributed by atoms with Crippen LogP contribution in [0.2, 0.25) is 0 Å². The normalized spacial score (nSPS) is 22.7. The minimum Gasteiger partial charge on any atom is -0.0666 e. The molecule has 0 aromatic heterocycles. The molecule has 0 fully saturated rings. The predicted molar refractivity (Wildman–Crippen MR) is 111 cm³/mol. The molecule has 0 saturated carbocycles. The van der Waals surface area contributed by atoms with Gasteiger partial charge in [0.05, 0.1) is 5.56 Å². The van der Waals surface area contributed by atoms with E-state index in [0.29, 0.717) is 11.8 Å². The summed E-state index contributed by atoms with van der Waals surface area (Å²) < 4.78 is 1.28. The van der Waals surface area contributed by atoms with Gasteiger partial charge < -0.3 is 0 Å². The highest BCUT2D eigenvalue weighted by atomic mass is 127. The Bertz CT molecular complexity index is 840. The van der Waals surface area contributed by atoms with E-state index < -0.39 is 0 Å². The lowest BCUT2D eigenvalue weighted by Crippen LogP contribution is -2.24. The van der Waals surface area contributed by atoms with E-state index in [0.717, 1.165) is 0 Å². The van der Waals surface area contributed by atoms with Crippen molar-refractivity contribution in [2.75, 3.05) is 0 Å². The van der Waals surface area contributed by atoms with Crippen molar-refractivity contribution in [3.05, 3.63) is 118 Å². The van der Waals surface area contributed by atoms with Crippen LogP contribution in [0.1, 0.15) is 17.0 Å². The van der Waals surface area contributed by atoms with E-state index in [-0.39, 0.29) is 0 Å². The predicted octanol–water partition coefficient (Wildman–Crippen LogP) is 6.50. The fourth-order valence-electron chi connectivity index (χ4n) is 3.71. The van der Waals surface area contributed by atoms with E-state index in [4.69, 9.17) is 0 Å². The summed E-state index contributed by atoms with van der Waals surface area (Å²) >= 11 is 2.48. The molecule has 24 heavy (non-hydrogen) atoms. The lowest BCUT2D eigenvalue weighted by Gasteiger charge is -2.33. The molecular weight excluding hydrogens is 403 g/mol. The molecule has 2 atom stereocenters. The van der Waals surface area contributed by atoms with Crippen molar-refractivity contribution < 1.29 is 0 Å². The summed E-state index contributed by atoms with van der Waals surface area (Å²) in [5, 5.41) is 0. The van der Waals surface area contributed by atoms with E-state index >= 15 is 0 Å². The Hall–Kier alpha value is -2.00. The lowest BCUT2D eigenvalue weighted by atomic mass is 9.67. The van der Waals surface area contributed by atoms with Crippen molar-refractivity contribution in [1.29, 1.82) is 0 Å². The topological polar surface area (TPSA) is 0 Å². The first-order valence-corrected chi connectivity index (χ1v) is 9.26. The van der Waals surface area contributed by atoms with Gasteiger partial charge in [0.25, 0.3) is 0 Å². The fourth-order valence-corrected chi connectivity index (χ4v) is 4.66. The van der Waals surface area contributed by atoms with Crippen molar-refractivity contribution in [3.8, 4) is 0 Å². The van der Waals surface area contributed by atoms with E-state index in [1.54, 1.807) is 0 Å². The first-order chi connectivity index (χ1) is 11.8. The van der Waals surface area contributed by atoms with Crippen LogP contribution in [0, 0.1) is 9.84 Å². The first kappa shape index (κ1) is 15.5. The maximum atomic E-state index is 4.48. The van der Waals surface area contributed by atoms with Crippen molar-refractivity contribution in [1.82, 2.24) is 0 Å². The molecule has 2 aliphatic rings. The zero-order valence-electron chi connectivity index (χ0n) is 13.3. The molecule has 0 spiro atoms. The second-order valence-corrected chi connectivity index (χ2v) is 7.27. The van der Waals surface area contributed by atoms with Gasteiger partial charge in [-0.1, -0.05) is 66.8 Å². The molecule has 4 rings (SSSR count). The first-order valence-electron chi connectivity index (χ1n) is 8.19. The second-order valence-electron chi connectivity index (χ2n) is 6.19. The van der Waals surface area contributed by atoms with E-state index in [1.807, 2.05) is 0 Å². The molecule has 0 bridgehead atoms. The van der Waals surface area contributed by atoms with Crippen molar-refractivity contribution >= 4 is 28.2 Å². The number of rotatable bonds is 2. The van der Waals surface area contributed by atoms with E-state index in [2.05, 4.69) is 114 Å². The Balaban J connectivity index is 1.90. The summed E-state index contributed by atoms with van der Waals surface area (Å²) in [7, 11) is 0. The third-order valence-corrected chi connectivity index (χ3v) is 6.04. The molecule has 116 valence electrons. The third-order valence-electron chi connectivity index (χ3n) is 4.81. The average Bonchev–Trinajstić information content (AvgIpc) is 2.64. The van der Waals surface area contributed by atoms with Gasteiger partial charge in [0, 0.05) is 45.6 Å². The van der Waals surface area contributed by atoms with Gasteiger partial charge in [0.15, 0.2) is 0 Å². The molecule has 2 aromatic carbocycles. The van der Waals surface area contributed by atoms with Crippen LogP contribution in [-0.4, -0.2) is 0 Å². The van der Waals surface area contributed by atoms with Crippen molar-refractivity contribution in [2.24, 2.45) is 5.92 Å². The molecule has 2 unspecified atom stereocenters. The van der Waals surface area contributed by atoms with Crippen LogP contribution in [0.15, 0.2) is 103 Å². The van der Waals surface area contributed by atoms with Crippen LogP contribution in [0.3, 0.4) is 0 Å². The molecule has 0 amide bonds. The summed E-state index contributed by atoms with van der Waals surface area (Å²) in [6, 6.07) is 21.4. The molecule has 2 aliphatic carbocycles. The van der Waals surface area contributed by atoms with Crippen molar-refractivity contribution in [3.63, 3.8) is 0 Å². The maximum Gasteiger partial charge on any atom is 0.120 e. The minimum atomic E-state index is 0.307. The van der Waals surface area contributed by atoms with E-state index in [9.17, 15) is 0 Å². The smallest absolute Gasteiger partial charge is 0.0666 e. The van der Waals surface area contributed by atoms with Gasteiger partial charge in [-0.05, 0) is 30.4 Å². The number of benzene rings is 2. The van der Waals surface area contributed by atoms with Gasteiger partial charge in [-0.15, -0.1) is 0 Å². The Morgan fingerprint density at radius 2 is 1.54 bits per heavy atom. The number of hydrogen-bond acceptors (Lipinski definition) is 0. The summed E-state index contributed by atoms with van der Waals surface area (Å²) in [6.45, 7) is 4.48. The van der Waals surface area contributed by atoms with Crippen LogP contribution in [0.25, 0.3) is 5.57 Å². The Kier molecular flexibility index (Phi) is 4.19. The second kappa shape index (κ2) is 6.48. The number of fused-ring (bicyclic) bond motifs is 1. The van der Waals surface area contributed by atoms with Crippen LogP contribution in [0.4, 0.5) is 0 Å². The summed E-state index contributed by atoms with van der Waals surface area (Å²) in [4.78, 5) is 0. The summed E-state index contributed by atoms with van der Waals surface area (Å²) in [5.41, 5.74) is 6.56. The molecule has 0 radical (unpaired) electrons. The van der Waals surface area contributed by atoms with Crippen LogP contribution in [-0.2, 0) is 0 Å². The number of hydrogen-bond donors (Lipinski definition) is 0. The molecule has 0 N–H and O–H groups in total.